The van der Waals surface area contributed by atoms with Crippen LogP contribution in [-0.4, -0.2) is 35.5 Å². The Morgan fingerprint density at radius 2 is 1.91 bits per heavy atom. The van der Waals surface area contributed by atoms with E-state index in [9.17, 15) is 19.5 Å². The van der Waals surface area contributed by atoms with Crippen LogP contribution < -0.4 is 10.6 Å². The highest BCUT2D eigenvalue weighted by Gasteiger charge is 2.42. The number of benzene rings is 1. The molecule has 0 unspecified atom stereocenters. The number of nitrogens with one attached hydrogen (secondary N) is 2. The molecule has 0 saturated heterocycles. The van der Waals surface area contributed by atoms with Crippen molar-refractivity contribution < 1.29 is 19.5 Å². The van der Waals surface area contributed by atoms with Crippen LogP contribution >= 0.6 is 0 Å². The van der Waals surface area contributed by atoms with E-state index in [0.29, 0.717) is 24.8 Å². The molecule has 2 amide bonds. The lowest BCUT2D eigenvalue weighted by molar-refractivity contribution is -0.147. The van der Waals surface area contributed by atoms with Crippen molar-refractivity contribution in [2.75, 3.05) is 7.05 Å². The van der Waals surface area contributed by atoms with Crippen molar-refractivity contribution in [2.24, 2.45) is 0 Å². The van der Waals surface area contributed by atoms with Crippen molar-refractivity contribution in [3.05, 3.63) is 35.4 Å². The molecule has 1 fully saturated rings. The van der Waals surface area contributed by atoms with Gasteiger partial charge in [-0.15, -0.1) is 0 Å². The van der Waals surface area contributed by atoms with Gasteiger partial charge in [-0.05, 0) is 37.0 Å². The highest BCUT2D eigenvalue weighted by Crippen LogP contribution is 2.30. The van der Waals surface area contributed by atoms with E-state index in [2.05, 4.69) is 10.6 Å². The van der Waals surface area contributed by atoms with Crippen LogP contribution in [-0.2, 0) is 16.0 Å². The van der Waals surface area contributed by atoms with Gasteiger partial charge in [0.2, 0.25) is 5.91 Å². The number of carboxylic acid groups (broad SMARTS) is 1. The topological polar surface area (TPSA) is 95.5 Å². The first-order valence-electron chi connectivity index (χ1n) is 7.82. The summed E-state index contributed by atoms with van der Waals surface area (Å²) in [7, 11) is 1.56. The van der Waals surface area contributed by atoms with Crippen LogP contribution in [0, 0.1) is 0 Å². The fourth-order valence-corrected chi connectivity index (χ4v) is 2.97. The van der Waals surface area contributed by atoms with E-state index in [1.54, 1.807) is 25.2 Å². The summed E-state index contributed by atoms with van der Waals surface area (Å²) in [6.45, 7) is 0. The predicted octanol–water partition coefficient (Wildman–Crippen LogP) is 1.49. The maximum Gasteiger partial charge on any atom is 0.329 e. The van der Waals surface area contributed by atoms with Crippen molar-refractivity contribution in [1.82, 2.24) is 10.6 Å². The van der Waals surface area contributed by atoms with Gasteiger partial charge >= 0.3 is 5.97 Å². The molecule has 1 saturated carbocycles. The van der Waals surface area contributed by atoms with Gasteiger partial charge in [0, 0.05) is 19.0 Å². The Morgan fingerprint density at radius 1 is 1.22 bits per heavy atom. The highest BCUT2D eigenvalue weighted by atomic mass is 16.4. The lowest BCUT2D eigenvalue weighted by Crippen LogP contribution is -2.52. The van der Waals surface area contributed by atoms with E-state index in [0.717, 1.165) is 18.4 Å². The minimum atomic E-state index is -1.10. The third-order valence-electron chi connectivity index (χ3n) is 4.30. The zero-order valence-electron chi connectivity index (χ0n) is 13.2. The summed E-state index contributed by atoms with van der Waals surface area (Å²) >= 11 is 0. The molecule has 1 aliphatic rings. The lowest BCUT2D eigenvalue weighted by atomic mass is 9.97. The van der Waals surface area contributed by atoms with E-state index >= 15 is 0 Å². The molecule has 23 heavy (non-hydrogen) atoms. The molecule has 0 aromatic heterocycles. The number of aryl methyl sites for hydroxylation is 1. The summed E-state index contributed by atoms with van der Waals surface area (Å²) < 4.78 is 0. The van der Waals surface area contributed by atoms with E-state index in [1.807, 2.05) is 6.07 Å². The van der Waals surface area contributed by atoms with Crippen molar-refractivity contribution in [1.29, 1.82) is 0 Å². The predicted molar refractivity (Wildman–Crippen MR) is 85.1 cm³/mol. The third kappa shape index (κ3) is 4.09. The van der Waals surface area contributed by atoms with Gasteiger partial charge < -0.3 is 15.7 Å². The van der Waals surface area contributed by atoms with Gasteiger partial charge in [-0.3, -0.25) is 9.59 Å². The largest absolute Gasteiger partial charge is 0.480 e. The molecule has 1 aromatic rings. The summed E-state index contributed by atoms with van der Waals surface area (Å²) in [5, 5.41) is 14.6. The van der Waals surface area contributed by atoms with Crippen LogP contribution in [0.25, 0.3) is 0 Å². The number of hydrogen-bond acceptors (Lipinski definition) is 3. The Bertz CT molecular complexity index is 606. The molecule has 1 aliphatic carbocycles. The third-order valence-corrected chi connectivity index (χ3v) is 4.30. The molecule has 0 heterocycles. The van der Waals surface area contributed by atoms with E-state index < -0.39 is 11.5 Å². The number of hydrogen-bond donors (Lipinski definition) is 3. The van der Waals surface area contributed by atoms with Crippen molar-refractivity contribution in [2.45, 2.75) is 44.1 Å². The number of amides is 2. The fraction of sp³-hybridized carbons (Fsp3) is 0.471. The molecule has 0 spiro atoms. The minimum absolute atomic E-state index is 0.174. The van der Waals surface area contributed by atoms with Gasteiger partial charge in [-0.25, -0.2) is 4.79 Å². The van der Waals surface area contributed by atoms with Crippen molar-refractivity contribution in [3.8, 4) is 0 Å². The van der Waals surface area contributed by atoms with Gasteiger partial charge in [0.15, 0.2) is 0 Å². The highest BCUT2D eigenvalue weighted by molar-refractivity contribution is 5.94. The average Bonchev–Trinajstić information content (AvgIpc) is 3.02. The molecule has 6 heteroatoms. The minimum Gasteiger partial charge on any atom is -0.480 e. The van der Waals surface area contributed by atoms with E-state index in [1.165, 1.54) is 0 Å². The normalized spacial score (nSPS) is 15.9. The quantitative estimate of drug-likeness (QED) is 0.740. The van der Waals surface area contributed by atoms with E-state index in [4.69, 9.17) is 0 Å². The smallest absolute Gasteiger partial charge is 0.329 e. The van der Waals surface area contributed by atoms with Crippen LogP contribution in [0.4, 0.5) is 0 Å². The van der Waals surface area contributed by atoms with Crippen molar-refractivity contribution >= 4 is 17.8 Å². The lowest BCUT2D eigenvalue weighted by Gasteiger charge is -2.25. The second kappa shape index (κ2) is 7.26. The number of carbonyl (C=O) groups is 3. The van der Waals surface area contributed by atoms with Crippen LogP contribution in [0.3, 0.4) is 0 Å². The molecule has 1 aromatic carbocycles. The Kier molecular flexibility index (Phi) is 5.36. The Hall–Kier alpha value is -2.37. The van der Waals surface area contributed by atoms with Gasteiger partial charge in [0.05, 0.1) is 0 Å². The fourth-order valence-electron chi connectivity index (χ4n) is 2.97. The number of rotatable bonds is 6. The molecule has 3 N–H and O–H groups in total. The van der Waals surface area contributed by atoms with Crippen molar-refractivity contribution in [3.63, 3.8) is 0 Å². The van der Waals surface area contributed by atoms with Gasteiger partial charge in [-0.2, -0.15) is 0 Å². The SMILES string of the molecule is CNC(=O)c1cccc(CCC(=O)NC2(C(=O)O)CCCC2)c1. The maximum atomic E-state index is 12.1. The molecule has 0 aliphatic heterocycles. The summed E-state index contributed by atoms with van der Waals surface area (Å²) in [5.41, 5.74) is 0.321. The first-order chi connectivity index (χ1) is 11.0. The molecule has 124 valence electrons. The van der Waals surface area contributed by atoms with Crippen LogP contribution in [0.5, 0.6) is 0 Å². The van der Waals surface area contributed by atoms with Crippen LogP contribution in [0.15, 0.2) is 24.3 Å². The second-order valence-corrected chi connectivity index (χ2v) is 5.92. The summed E-state index contributed by atoms with van der Waals surface area (Å²) in [4.78, 5) is 35.1. The second-order valence-electron chi connectivity index (χ2n) is 5.92. The number of aliphatic carboxylic acids is 1. The number of carboxylic acids is 1. The van der Waals surface area contributed by atoms with Gasteiger partial charge in [0.25, 0.3) is 5.91 Å². The first kappa shape index (κ1) is 17.0. The molecule has 0 atom stereocenters. The Labute approximate surface area is 135 Å². The zero-order valence-corrected chi connectivity index (χ0v) is 13.2. The molecule has 2 rings (SSSR count). The van der Waals surface area contributed by atoms with E-state index in [-0.39, 0.29) is 18.2 Å². The van der Waals surface area contributed by atoms with Crippen LogP contribution in [0.2, 0.25) is 0 Å². The van der Waals surface area contributed by atoms with Gasteiger partial charge in [0.1, 0.15) is 5.54 Å². The Balaban J connectivity index is 1.94. The molecular weight excluding hydrogens is 296 g/mol. The zero-order chi connectivity index (χ0) is 16.9. The van der Waals surface area contributed by atoms with Crippen LogP contribution in [0.1, 0.15) is 48.0 Å². The summed E-state index contributed by atoms with van der Waals surface area (Å²) in [6.07, 6.45) is 3.28. The standard InChI is InChI=1S/C17H22N2O4/c1-18-15(21)13-6-4-5-12(11-13)7-8-14(20)19-17(16(22)23)9-2-3-10-17/h4-6,11H,2-3,7-10H2,1H3,(H,18,21)(H,19,20)(H,22,23). The summed E-state index contributed by atoms with van der Waals surface area (Å²) in [5.74, 6) is -1.39. The first-order valence-corrected chi connectivity index (χ1v) is 7.82. The molecule has 0 radical (unpaired) electrons. The molecule has 6 nitrogen and oxygen atoms in total. The van der Waals surface area contributed by atoms with Gasteiger partial charge in [-0.1, -0.05) is 25.0 Å². The maximum absolute atomic E-state index is 12.1. The Morgan fingerprint density at radius 3 is 2.52 bits per heavy atom. The monoisotopic (exact) mass is 318 g/mol. The number of carbonyl (C=O) groups excluding carboxylic acids is 2. The average molecular weight is 318 g/mol. The molecular formula is C17H22N2O4. The summed E-state index contributed by atoms with van der Waals surface area (Å²) in [6, 6.07) is 7.07. The molecule has 0 bridgehead atoms.